The number of rotatable bonds is 16. The summed E-state index contributed by atoms with van der Waals surface area (Å²) in [6.07, 6.45) is 3.55. The Kier molecular flexibility index (Phi) is 15.0. The third-order valence-corrected chi connectivity index (χ3v) is 2.78. The van der Waals surface area contributed by atoms with Crippen molar-refractivity contribution >= 4 is 11.8 Å². The second-order valence-electron chi connectivity index (χ2n) is 4.70. The molecule has 0 aliphatic rings. The van der Waals surface area contributed by atoms with E-state index < -0.39 is 5.91 Å². The number of amides is 2. The van der Waals surface area contributed by atoms with Crippen molar-refractivity contribution in [3.05, 3.63) is 25.3 Å². The fraction of sp³-hybridized carbons (Fsp3) is 0.625. The molecule has 8 heteroatoms. The zero-order chi connectivity index (χ0) is 18.0. The second kappa shape index (κ2) is 16.1. The molecule has 0 saturated heterocycles. The smallest absolute Gasteiger partial charge is 0.269 e. The third-order valence-electron chi connectivity index (χ3n) is 2.78. The molecule has 0 bridgehead atoms. The normalized spacial score (nSPS) is 10.2. The minimum Gasteiger partial charge on any atom is -0.379 e. The summed E-state index contributed by atoms with van der Waals surface area (Å²) in [4.78, 5) is 21.8. The van der Waals surface area contributed by atoms with E-state index >= 15 is 0 Å². The standard InChI is InChI=1S/C16H28N2O6/c1-3-15(19)17-7-5-9-22-11-13-24-14-12-23-10-6-8-18(21)16(20)4-2/h3-4,21H,1-2,5-14H2,(H,17,19). The van der Waals surface area contributed by atoms with Crippen molar-refractivity contribution < 1.29 is 29.0 Å². The molecule has 0 heterocycles. The van der Waals surface area contributed by atoms with Gasteiger partial charge in [0, 0.05) is 19.8 Å². The number of hydrogen-bond donors (Lipinski definition) is 2. The topological polar surface area (TPSA) is 97.3 Å². The van der Waals surface area contributed by atoms with Crippen LogP contribution in [0.4, 0.5) is 0 Å². The number of ether oxygens (including phenoxy) is 3. The summed E-state index contributed by atoms with van der Waals surface area (Å²) < 4.78 is 16.0. The SMILES string of the molecule is C=CC(=O)NCCCOCCOCCOCCCN(O)C(=O)C=C. The molecule has 2 N–H and O–H groups in total. The van der Waals surface area contributed by atoms with E-state index in [0.717, 1.165) is 12.5 Å². The van der Waals surface area contributed by atoms with E-state index in [9.17, 15) is 14.8 Å². The number of carbonyl (C=O) groups excluding carboxylic acids is 2. The zero-order valence-electron chi connectivity index (χ0n) is 14.1. The van der Waals surface area contributed by atoms with Crippen LogP contribution in [0.2, 0.25) is 0 Å². The van der Waals surface area contributed by atoms with Gasteiger partial charge in [-0.2, -0.15) is 0 Å². The summed E-state index contributed by atoms with van der Waals surface area (Å²) in [5.74, 6) is -0.709. The quantitative estimate of drug-likeness (QED) is 0.183. The summed E-state index contributed by atoms with van der Waals surface area (Å²) >= 11 is 0. The van der Waals surface area contributed by atoms with Gasteiger partial charge in [-0.25, -0.2) is 5.06 Å². The molecule has 0 rings (SSSR count). The lowest BCUT2D eigenvalue weighted by Crippen LogP contribution is -2.27. The highest BCUT2D eigenvalue weighted by Crippen LogP contribution is 1.91. The molecule has 0 aliphatic carbocycles. The van der Waals surface area contributed by atoms with Gasteiger partial charge in [0.1, 0.15) is 0 Å². The van der Waals surface area contributed by atoms with Gasteiger partial charge < -0.3 is 19.5 Å². The van der Waals surface area contributed by atoms with Crippen LogP contribution < -0.4 is 5.32 Å². The molecular formula is C16H28N2O6. The molecule has 0 atom stereocenters. The molecule has 0 unspecified atom stereocenters. The minimum atomic E-state index is -0.526. The lowest BCUT2D eigenvalue weighted by molar-refractivity contribution is -0.160. The van der Waals surface area contributed by atoms with Crippen LogP contribution in [0, 0.1) is 0 Å². The molecule has 0 spiro atoms. The van der Waals surface area contributed by atoms with Crippen LogP contribution in [-0.2, 0) is 23.8 Å². The Labute approximate surface area is 143 Å². The van der Waals surface area contributed by atoms with Gasteiger partial charge in [-0.15, -0.1) is 0 Å². The Bertz CT molecular complexity index is 376. The Morgan fingerprint density at radius 1 is 0.917 bits per heavy atom. The molecule has 0 aromatic carbocycles. The first-order chi connectivity index (χ1) is 11.6. The monoisotopic (exact) mass is 344 g/mol. The molecule has 24 heavy (non-hydrogen) atoms. The fourth-order valence-electron chi connectivity index (χ4n) is 1.53. The molecular weight excluding hydrogens is 316 g/mol. The predicted octanol–water partition coefficient (Wildman–Crippen LogP) is 0.522. The van der Waals surface area contributed by atoms with E-state index in [1.54, 1.807) is 0 Å². The molecule has 8 nitrogen and oxygen atoms in total. The van der Waals surface area contributed by atoms with Crippen LogP contribution in [0.3, 0.4) is 0 Å². The molecule has 0 fully saturated rings. The first-order valence-corrected chi connectivity index (χ1v) is 7.88. The largest absolute Gasteiger partial charge is 0.379 e. The maximum absolute atomic E-state index is 11.0. The van der Waals surface area contributed by atoms with E-state index in [2.05, 4.69) is 18.5 Å². The van der Waals surface area contributed by atoms with E-state index in [0.29, 0.717) is 57.7 Å². The summed E-state index contributed by atoms with van der Waals surface area (Å²) in [7, 11) is 0. The van der Waals surface area contributed by atoms with E-state index in [4.69, 9.17) is 14.2 Å². The van der Waals surface area contributed by atoms with Crippen LogP contribution in [0.1, 0.15) is 12.8 Å². The molecule has 138 valence electrons. The molecule has 0 aromatic heterocycles. The highest BCUT2D eigenvalue weighted by molar-refractivity contribution is 5.86. The summed E-state index contributed by atoms with van der Waals surface area (Å²) in [5.41, 5.74) is 0. The minimum absolute atomic E-state index is 0.183. The van der Waals surface area contributed by atoms with Crippen LogP contribution >= 0.6 is 0 Å². The number of hydrogen-bond acceptors (Lipinski definition) is 6. The number of nitrogens with zero attached hydrogens (tertiary/aromatic N) is 1. The van der Waals surface area contributed by atoms with Gasteiger partial charge in [0.2, 0.25) is 5.91 Å². The van der Waals surface area contributed by atoms with E-state index in [1.165, 1.54) is 6.08 Å². The first-order valence-electron chi connectivity index (χ1n) is 7.88. The molecule has 0 aromatic rings. The summed E-state index contributed by atoms with van der Waals surface area (Å²) in [6, 6.07) is 0. The Morgan fingerprint density at radius 2 is 1.46 bits per heavy atom. The molecule has 0 saturated carbocycles. The lowest BCUT2D eigenvalue weighted by atomic mass is 10.4. The van der Waals surface area contributed by atoms with Crippen LogP contribution in [0.5, 0.6) is 0 Å². The van der Waals surface area contributed by atoms with E-state index in [1.807, 2.05) is 0 Å². The number of carbonyl (C=O) groups is 2. The lowest BCUT2D eigenvalue weighted by Gasteiger charge is -2.12. The summed E-state index contributed by atoms with van der Waals surface area (Å²) in [6.45, 7) is 10.2. The fourth-order valence-corrected chi connectivity index (χ4v) is 1.53. The number of hydroxylamine groups is 2. The average molecular weight is 344 g/mol. The van der Waals surface area contributed by atoms with Crippen molar-refractivity contribution in [1.29, 1.82) is 0 Å². The van der Waals surface area contributed by atoms with Crippen molar-refractivity contribution in [2.24, 2.45) is 0 Å². The van der Waals surface area contributed by atoms with E-state index in [-0.39, 0.29) is 12.5 Å². The highest BCUT2D eigenvalue weighted by Gasteiger charge is 2.04. The van der Waals surface area contributed by atoms with Crippen LogP contribution in [0.25, 0.3) is 0 Å². The van der Waals surface area contributed by atoms with Crippen molar-refractivity contribution in [1.82, 2.24) is 10.4 Å². The second-order valence-corrected chi connectivity index (χ2v) is 4.70. The average Bonchev–Trinajstić information content (AvgIpc) is 2.60. The van der Waals surface area contributed by atoms with Crippen molar-refractivity contribution in [3.8, 4) is 0 Å². The van der Waals surface area contributed by atoms with Gasteiger partial charge in [0.25, 0.3) is 5.91 Å². The van der Waals surface area contributed by atoms with Crippen LogP contribution in [0.15, 0.2) is 25.3 Å². The Morgan fingerprint density at radius 3 is 2.00 bits per heavy atom. The maximum atomic E-state index is 11.0. The summed E-state index contributed by atoms with van der Waals surface area (Å²) in [5, 5.41) is 12.5. The predicted molar refractivity (Wildman–Crippen MR) is 88.6 cm³/mol. The van der Waals surface area contributed by atoms with Gasteiger partial charge in [-0.1, -0.05) is 13.2 Å². The zero-order valence-corrected chi connectivity index (χ0v) is 14.1. The maximum Gasteiger partial charge on any atom is 0.269 e. The molecule has 0 radical (unpaired) electrons. The van der Waals surface area contributed by atoms with Crippen molar-refractivity contribution in [3.63, 3.8) is 0 Å². The van der Waals surface area contributed by atoms with Gasteiger partial charge >= 0.3 is 0 Å². The van der Waals surface area contributed by atoms with Gasteiger partial charge in [-0.05, 0) is 25.0 Å². The first kappa shape index (κ1) is 22.3. The van der Waals surface area contributed by atoms with Crippen molar-refractivity contribution in [2.45, 2.75) is 12.8 Å². The van der Waals surface area contributed by atoms with Gasteiger partial charge in [0.05, 0.1) is 33.0 Å². The molecule has 0 aliphatic heterocycles. The van der Waals surface area contributed by atoms with Gasteiger partial charge in [-0.3, -0.25) is 14.8 Å². The number of nitrogens with one attached hydrogen (secondary N) is 1. The van der Waals surface area contributed by atoms with Gasteiger partial charge in [0.15, 0.2) is 0 Å². The Hall–Kier alpha value is -1.74. The van der Waals surface area contributed by atoms with Crippen LogP contribution in [-0.4, -0.2) is 74.8 Å². The third kappa shape index (κ3) is 13.9. The Balaban J connectivity index is 3.18. The molecule has 2 amide bonds. The highest BCUT2D eigenvalue weighted by atomic mass is 16.5. The van der Waals surface area contributed by atoms with Crippen molar-refractivity contribution in [2.75, 3.05) is 52.7 Å².